The molecule has 0 amide bonds. The fourth-order valence-electron chi connectivity index (χ4n) is 2.48. The summed E-state index contributed by atoms with van der Waals surface area (Å²) in [5.74, 6) is -6.28. The van der Waals surface area contributed by atoms with Crippen molar-refractivity contribution in [1.82, 2.24) is 14.5 Å². The van der Waals surface area contributed by atoms with Crippen LogP contribution in [0.1, 0.15) is 6.92 Å². The Balaban J connectivity index is 2.51. The van der Waals surface area contributed by atoms with Crippen LogP contribution in [-0.4, -0.2) is 59.8 Å². The first-order valence-corrected chi connectivity index (χ1v) is 10.6. The molecule has 0 saturated carbocycles. The van der Waals surface area contributed by atoms with Crippen LogP contribution in [0.5, 0.6) is 5.88 Å². The fraction of sp³-hybridized carbons (Fsp3) is 0.471. The molecule has 0 aliphatic heterocycles. The summed E-state index contributed by atoms with van der Waals surface area (Å²) in [4.78, 5) is 18.7. The minimum Gasteiger partial charge on any atom is -0.468 e. The largest absolute Gasteiger partial charge is 0.468 e. The zero-order valence-electron chi connectivity index (χ0n) is 16.8. The Morgan fingerprint density at radius 1 is 1.09 bits per heavy atom. The van der Waals surface area contributed by atoms with E-state index in [9.17, 15) is 52.7 Å². The normalized spacial score (nSPS) is 14.2. The summed E-state index contributed by atoms with van der Waals surface area (Å²) in [5.41, 5.74) is -2.74. The molecule has 1 unspecified atom stereocenters. The van der Waals surface area contributed by atoms with Crippen molar-refractivity contribution in [2.75, 3.05) is 12.4 Å². The summed E-state index contributed by atoms with van der Waals surface area (Å²) < 4.78 is 143. The number of nitrogens with zero attached hydrogens (tertiary/aromatic N) is 3. The molecule has 0 radical (unpaired) electrons. The van der Waals surface area contributed by atoms with Gasteiger partial charge in [-0.05, 0) is 6.07 Å². The van der Waals surface area contributed by atoms with E-state index in [4.69, 9.17) is 0 Å². The molecule has 2 heterocycles. The van der Waals surface area contributed by atoms with Crippen LogP contribution in [0.15, 0.2) is 34.2 Å². The minimum absolute atomic E-state index is 0.0557. The molecule has 0 spiro atoms. The van der Waals surface area contributed by atoms with E-state index in [0.717, 1.165) is 12.1 Å². The summed E-state index contributed by atoms with van der Waals surface area (Å²) in [6.07, 6.45) is -15.0. The van der Waals surface area contributed by atoms with Gasteiger partial charge in [0.1, 0.15) is 5.69 Å². The Bertz CT molecular complexity index is 1190. The van der Waals surface area contributed by atoms with Crippen LogP contribution in [0.4, 0.5) is 39.5 Å². The Morgan fingerprint density at radius 3 is 2.21 bits per heavy atom. The van der Waals surface area contributed by atoms with Crippen LogP contribution < -0.4 is 10.3 Å². The maximum atomic E-state index is 13.6. The van der Waals surface area contributed by atoms with Gasteiger partial charge < -0.3 is 4.74 Å². The zero-order valence-corrected chi connectivity index (χ0v) is 17.6. The second kappa shape index (κ2) is 9.42. The Kier molecular flexibility index (Phi) is 7.59. The molecule has 0 aliphatic carbocycles. The summed E-state index contributed by atoms with van der Waals surface area (Å²) in [7, 11) is -4.10. The number of hydrogen-bond acceptors (Lipinski definition) is 6. The number of aromatic nitrogens is 3. The van der Waals surface area contributed by atoms with E-state index in [1.807, 2.05) is 0 Å². The highest BCUT2D eigenvalue weighted by molar-refractivity contribution is 7.91. The third-order valence-electron chi connectivity index (χ3n) is 4.09. The van der Waals surface area contributed by atoms with Crippen molar-refractivity contribution in [3.8, 4) is 17.3 Å². The smallest absolute Gasteiger partial charge is 0.425 e. The lowest BCUT2D eigenvalue weighted by Crippen LogP contribution is -2.46. The highest BCUT2D eigenvalue weighted by atomic mass is 32.2. The molecule has 34 heavy (non-hydrogen) atoms. The molecule has 0 fully saturated rings. The van der Waals surface area contributed by atoms with Gasteiger partial charge in [0.05, 0.1) is 29.2 Å². The van der Waals surface area contributed by atoms with Gasteiger partial charge in [0.15, 0.2) is 16.4 Å². The summed E-state index contributed by atoms with van der Waals surface area (Å²) in [5, 5.41) is 0. The molecule has 0 bridgehead atoms. The Hall–Kier alpha value is -2.85. The maximum Gasteiger partial charge on any atom is 0.425 e. The van der Waals surface area contributed by atoms with Gasteiger partial charge in [-0.2, -0.15) is 26.3 Å². The number of hydrogen-bond donors (Lipinski definition) is 0. The van der Waals surface area contributed by atoms with E-state index >= 15 is 0 Å². The predicted molar refractivity (Wildman–Crippen MR) is 96.9 cm³/mol. The van der Waals surface area contributed by atoms with Crippen molar-refractivity contribution in [2.24, 2.45) is 0 Å². The molecule has 17 heteroatoms. The average Bonchev–Trinajstić information content (AvgIpc) is 2.71. The maximum absolute atomic E-state index is 13.6. The van der Waals surface area contributed by atoms with E-state index in [-0.39, 0.29) is 4.57 Å². The van der Waals surface area contributed by atoms with Gasteiger partial charge in [-0.15, -0.1) is 0 Å². The lowest BCUT2D eigenvalue weighted by atomic mass is 10.2. The lowest BCUT2D eigenvalue weighted by Gasteiger charge is -2.23. The minimum atomic E-state index is -5.91. The average molecular weight is 527 g/mol. The van der Waals surface area contributed by atoms with Crippen LogP contribution in [0, 0.1) is 0 Å². The lowest BCUT2D eigenvalue weighted by molar-refractivity contribution is -0.247. The number of sulfone groups is 1. The number of alkyl halides is 9. The summed E-state index contributed by atoms with van der Waals surface area (Å²) in [6.45, 7) is -2.64. The Morgan fingerprint density at radius 2 is 1.71 bits per heavy atom. The van der Waals surface area contributed by atoms with E-state index in [2.05, 4.69) is 14.7 Å². The van der Waals surface area contributed by atoms with Gasteiger partial charge in [-0.25, -0.2) is 31.6 Å². The van der Waals surface area contributed by atoms with Crippen LogP contribution in [0.3, 0.4) is 0 Å². The van der Waals surface area contributed by atoms with Gasteiger partial charge in [0, 0.05) is 12.1 Å². The third kappa shape index (κ3) is 6.60. The highest BCUT2D eigenvalue weighted by Crippen LogP contribution is 2.36. The first-order valence-electron chi connectivity index (χ1n) is 8.96. The number of rotatable bonds is 8. The van der Waals surface area contributed by atoms with Crippen molar-refractivity contribution in [2.45, 2.75) is 42.8 Å². The Labute approximate surface area is 185 Å². The molecule has 0 N–H and O–H groups in total. The van der Waals surface area contributed by atoms with Gasteiger partial charge in [0.2, 0.25) is 5.88 Å². The molecule has 2 aromatic rings. The van der Waals surface area contributed by atoms with Gasteiger partial charge in [-0.1, -0.05) is 6.92 Å². The van der Waals surface area contributed by atoms with Crippen molar-refractivity contribution < 1.29 is 52.7 Å². The molecule has 0 saturated heterocycles. The van der Waals surface area contributed by atoms with Crippen LogP contribution in [0.25, 0.3) is 11.4 Å². The highest BCUT2D eigenvalue weighted by Gasteiger charge is 2.57. The van der Waals surface area contributed by atoms with E-state index in [1.165, 1.54) is 6.92 Å². The molecule has 2 aromatic heterocycles. The second-order valence-electron chi connectivity index (χ2n) is 6.71. The topological polar surface area (TPSA) is 91.2 Å². The third-order valence-corrected chi connectivity index (χ3v) is 5.85. The first kappa shape index (κ1) is 27.4. The molecule has 0 aromatic carbocycles. The molecule has 1 atom stereocenters. The molecule has 7 nitrogen and oxygen atoms in total. The van der Waals surface area contributed by atoms with Gasteiger partial charge in [-0.3, -0.25) is 9.36 Å². The van der Waals surface area contributed by atoms with Gasteiger partial charge >= 0.3 is 18.3 Å². The van der Waals surface area contributed by atoms with Crippen LogP contribution in [-0.2, 0) is 16.4 Å². The molecule has 2 rings (SSSR count). The molecule has 0 aliphatic rings. The molecule has 190 valence electrons. The summed E-state index contributed by atoms with van der Waals surface area (Å²) >= 11 is 0. The van der Waals surface area contributed by atoms with Crippen LogP contribution in [0.2, 0.25) is 0 Å². The summed E-state index contributed by atoms with van der Waals surface area (Å²) in [6, 6.07) is 2.03. The van der Waals surface area contributed by atoms with Crippen molar-refractivity contribution >= 4 is 9.84 Å². The standard InChI is InChI=1S/C17H14F9N3O4S/c1-2-34(31,32)10-3-4-11(33-7-16(21,22)23)28-13(10)9-5-12(30)29(8-27-9)6-15(19,20)14(18)17(24,25)26/h3-5,8,14H,2,6-7H2,1H3. The SMILES string of the molecule is CCS(=O)(=O)c1ccc(OCC(F)(F)F)nc1-c1cc(=O)n(CC(F)(F)C(F)C(F)(F)F)cn1. The number of pyridine rings is 1. The van der Waals surface area contributed by atoms with Crippen LogP contribution >= 0.6 is 0 Å². The first-order chi connectivity index (χ1) is 15.4. The molecular formula is C17H14F9N3O4S. The number of ether oxygens (including phenoxy) is 1. The number of halogens is 9. The zero-order chi connectivity index (χ0) is 26.1. The quantitative estimate of drug-likeness (QED) is 0.488. The van der Waals surface area contributed by atoms with Gasteiger partial charge in [0.25, 0.3) is 11.7 Å². The van der Waals surface area contributed by atoms with E-state index < -0.39 is 80.9 Å². The monoisotopic (exact) mass is 527 g/mol. The van der Waals surface area contributed by atoms with E-state index in [1.54, 1.807) is 0 Å². The molecular weight excluding hydrogens is 513 g/mol. The van der Waals surface area contributed by atoms with Crippen molar-refractivity contribution in [1.29, 1.82) is 0 Å². The second-order valence-corrected chi connectivity index (χ2v) is 8.96. The van der Waals surface area contributed by atoms with Crippen molar-refractivity contribution in [3.05, 3.63) is 34.9 Å². The predicted octanol–water partition coefficient (Wildman–Crippen LogP) is 3.58. The van der Waals surface area contributed by atoms with Crippen molar-refractivity contribution in [3.63, 3.8) is 0 Å². The van der Waals surface area contributed by atoms with E-state index in [0.29, 0.717) is 12.4 Å². The fourth-order valence-corrected chi connectivity index (χ4v) is 3.51.